The lowest BCUT2D eigenvalue weighted by molar-refractivity contribution is -0.140. The average Bonchev–Trinajstić information content (AvgIpc) is 2.65. The van der Waals surface area contributed by atoms with Gasteiger partial charge in [0.2, 0.25) is 11.8 Å². The van der Waals surface area contributed by atoms with Crippen LogP contribution in [-0.2, 0) is 20.6 Å². The topological polar surface area (TPSA) is 107 Å². The molecule has 9 heteroatoms. The van der Waals surface area contributed by atoms with E-state index in [4.69, 9.17) is 9.79 Å². The van der Waals surface area contributed by atoms with Gasteiger partial charge in [0.25, 0.3) is 0 Å². The number of amides is 2. The number of hydrogen-bond acceptors (Lipinski definition) is 4. The number of rotatable bonds is 9. The van der Waals surface area contributed by atoms with Crippen molar-refractivity contribution in [1.29, 1.82) is 0 Å². The Hall–Kier alpha value is -1.34. The first-order valence-electron chi connectivity index (χ1n) is 9.10. The second-order valence-electron chi connectivity index (χ2n) is 6.62. The molecule has 1 aliphatic heterocycles. The zero-order valence-corrected chi connectivity index (χ0v) is 17.0. The van der Waals surface area contributed by atoms with Crippen molar-refractivity contribution >= 4 is 31.2 Å². The van der Waals surface area contributed by atoms with Crippen LogP contribution in [0.15, 0.2) is 30.3 Å². The van der Waals surface area contributed by atoms with Crippen molar-refractivity contribution < 1.29 is 23.9 Å². The minimum atomic E-state index is -4.13. The molecule has 2 amide bonds. The first kappa shape index (κ1) is 22.0. The summed E-state index contributed by atoms with van der Waals surface area (Å²) in [7, 11) is -4.13. The molecule has 0 bridgehead atoms. The van der Waals surface area contributed by atoms with Crippen LogP contribution in [-0.4, -0.2) is 56.9 Å². The van der Waals surface area contributed by atoms with Crippen molar-refractivity contribution in [2.45, 2.75) is 38.1 Å². The lowest BCUT2D eigenvalue weighted by Gasteiger charge is -2.34. The van der Waals surface area contributed by atoms with Gasteiger partial charge in [-0.15, -0.1) is 11.8 Å². The van der Waals surface area contributed by atoms with Gasteiger partial charge in [-0.2, -0.15) is 0 Å². The molecule has 2 rings (SSSR count). The molecule has 7 nitrogen and oxygen atoms in total. The highest BCUT2D eigenvalue weighted by molar-refractivity contribution is 8.04. The minimum absolute atomic E-state index is 0.0249. The van der Waals surface area contributed by atoms with Crippen LogP contribution in [0.2, 0.25) is 0 Å². The molecule has 0 radical (unpaired) electrons. The number of nitrogens with one attached hydrogen (secondary N) is 1. The number of carbonyl (C=O) groups is 2. The number of benzene rings is 1. The van der Waals surface area contributed by atoms with Gasteiger partial charge in [-0.05, 0) is 37.7 Å². The van der Waals surface area contributed by atoms with Gasteiger partial charge >= 0.3 is 7.60 Å². The van der Waals surface area contributed by atoms with E-state index in [1.54, 1.807) is 4.90 Å². The number of nitrogens with zero attached hydrogens (tertiary/aromatic N) is 1. The van der Waals surface area contributed by atoms with Crippen LogP contribution < -0.4 is 5.32 Å². The minimum Gasteiger partial charge on any atom is -0.354 e. The molecule has 1 saturated heterocycles. The number of aryl methyl sites for hydroxylation is 1. The molecular formula is C18H27N2O5PS. The van der Waals surface area contributed by atoms with Crippen molar-refractivity contribution in [3.8, 4) is 0 Å². The summed E-state index contributed by atoms with van der Waals surface area (Å²) in [6, 6.07) is 9.57. The fourth-order valence-corrected chi connectivity index (χ4v) is 4.76. The Kier molecular flexibility index (Phi) is 8.83. The summed E-state index contributed by atoms with van der Waals surface area (Å²) >= 11 is 0.909. The quantitative estimate of drug-likeness (QED) is 0.421. The average molecular weight is 414 g/mol. The van der Waals surface area contributed by atoms with E-state index in [-0.39, 0.29) is 23.1 Å². The first-order valence-corrected chi connectivity index (χ1v) is 12.1. The standard InChI is InChI=1S/C18H27N2O5PS/c21-17(13-27-14-26(23,24)25)20-12-5-4-10-16(20)18(22)19-11-6-9-15-7-2-1-3-8-15/h1-3,7-8,16H,4-6,9-14H2,(H,19,22)(H2,23,24,25). The van der Waals surface area contributed by atoms with Crippen molar-refractivity contribution in [1.82, 2.24) is 10.2 Å². The Bertz CT molecular complexity index is 667. The molecule has 150 valence electrons. The summed E-state index contributed by atoms with van der Waals surface area (Å²) in [6.45, 7) is 1.07. The number of likely N-dealkylation sites (tertiary alicyclic amines) is 1. The van der Waals surface area contributed by atoms with E-state index in [0.717, 1.165) is 37.4 Å². The van der Waals surface area contributed by atoms with Gasteiger partial charge < -0.3 is 20.0 Å². The lowest BCUT2D eigenvalue weighted by atomic mass is 10.0. The Balaban J connectivity index is 1.77. The van der Waals surface area contributed by atoms with Crippen molar-refractivity contribution in [3.05, 3.63) is 35.9 Å². The monoisotopic (exact) mass is 414 g/mol. The van der Waals surface area contributed by atoms with Gasteiger partial charge in [-0.25, -0.2) is 0 Å². The van der Waals surface area contributed by atoms with Crippen LogP contribution in [0.25, 0.3) is 0 Å². The summed E-state index contributed by atoms with van der Waals surface area (Å²) in [5, 5.41) is 2.92. The normalized spacial score (nSPS) is 17.6. The molecule has 1 aliphatic rings. The van der Waals surface area contributed by atoms with Crippen LogP contribution in [0.1, 0.15) is 31.2 Å². The smallest absolute Gasteiger partial charge is 0.335 e. The molecule has 0 aromatic heterocycles. The summed E-state index contributed by atoms with van der Waals surface area (Å²) in [6.07, 6.45) is 4.07. The van der Waals surface area contributed by atoms with E-state index in [1.807, 2.05) is 18.2 Å². The van der Waals surface area contributed by atoms with Crippen LogP contribution in [0.4, 0.5) is 0 Å². The maximum atomic E-state index is 12.5. The van der Waals surface area contributed by atoms with E-state index in [0.29, 0.717) is 19.5 Å². The fraction of sp³-hybridized carbons (Fsp3) is 0.556. The fourth-order valence-electron chi connectivity index (χ4n) is 3.10. The van der Waals surface area contributed by atoms with Gasteiger partial charge in [0.1, 0.15) is 6.04 Å². The maximum Gasteiger partial charge on any atom is 0.335 e. The van der Waals surface area contributed by atoms with Crippen LogP contribution in [0.3, 0.4) is 0 Å². The van der Waals surface area contributed by atoms with Crippen LogP contribution in [0.5, 0.6) is 0 Å². The highest BCUT2D eigenvalue weighted by atomic mass is 32.2. The highest BCUT2D eigenvalue weighted by Crippen LogP contribution is 2.38. The summed E-state index contributed by atoms with van der Waals surface area (Å²) in [4.78, 5) is 44.2. The third kappa shape index (κ3) is 8.05. The largest absolute Gasteiger partial charge is 0.354 e. The van der Waals surface area contributed by atoms with Gasteiger partial charge in [-0.3, -0.25) is 14.2 Å². The van der Waals surface area contributed by atoms with Gasteiger partial charge in [0, 0.05) is 13.1 Å². The zero-order chi connectivity index (χ0) is 19.7. The molecule has 0 saturated carbocycles. The predicted molar refractivity (Wildman–Crippen MR) is 106 cm³/mol. The molecule has 1 heterocycles. The second kappa shape index (κ2) is 10.9. The Morgan fingerprint density at radius 2 is 1.96 bits per heavy atom. The van der Waals surface area contributed by atoms with E-state index in [1.165, 1.54) is 5.56 Å². The number of hydrogen-bond donors (Lipinski definition) is 3. The third-order valence-corrected chi connectivity index (χ3v) is 6.92. The lowest BCUT2D eigenvalue weighted by Crippen LogP contribution is -2.52. The number of thioether (sulfide) groups is 1. The molecule has 0 spiro atoms. The molecule has 1 atom stereocenters. The molecule has 1 fully saturated rings. The Morgan fingerprint density at radius 1 is 1.22 bits per heavy atom. The number of piperidine rings is 1. The summed E-state index contributed by atoms with van der Waals surface area (Å²) in [5.74, 6) is -0.406. The van der Waals surface area contributed by atoms with Gasteiger partial charge in [0.05, 0.1) is 11.2 Å². The van der Waals surface area contributed by atoms with Crippen LogP contribution in [0, 0.1) is 0 Å². The van der Waals surface area contributed by atoms with Crippen molar-refractivity contribution in [3.63, 3.8) is 0 Å². The summed E-state index contributed by atoms with van der Waals surface area (Å²) in [5.41, 5.74) is 0.839. The first-order chi connectivity index (χ1) is 12.9. The Labute approximate surface area is 164 Å². The van der Waals surface area contributed by atoms with Crippen molar-refractivity contribution in [2.75, 3.05) is 24.3 Å². The molecule has 3 N–H and O–H groups in total. The molecule has 27 heavy (non-hydrogen) atoms. The molecule has 1 aromatic rings. The van der Waals surface area contributed by atoms with E-state index < -0.39 is 13.6 Å². The zero-order valence-electron chi connectivity index (χ0n) is 15.2. The Morgan fingerprint density at radius 3 is 2.67 bits per heavy atom. The van der Waals surface area contributed by atoms with E-state index in [9.17, 15) is 14.2 Å². The molecule has 0 aliphatic carbocycles. The molecule has 1 unspecified atom stereocenters. The number of carbonyl (C=O) groups excluding carboxylic acids is 2. The van der Waals surface area contributed by atoms with E-state index in [2.05, 4.69) is 17.4 Å². The molecule has 1 aromatic carbocycles. The molecular weight excluding hydrogens is 387 g/mol. The summed E-state index contributed by atoms with van der Waals surface area (Å²) < 4.78 is 10.9. The van der Waals surface area contributed by atoms with E-state index >= 15 is 0 Å². The SMILES string of the molecule is O=C(NCCCc1ccccc1)C1CCCCN1C(=O)CSCP(=O)(O)O. The maximum absolute atomic E-state index is 12.5. The highest BCUT2D eigenvalue weighted by Gasteiger charge is 2.31. The predicted octanol–water partition coefficient (Wildman–Crippen LogP) is 1.98. The third-order valence-electron chi connectivity index (χ3n) is 4.40. The van der Waals surface area contributed by atoms with Gasteiger partial charge in [-0.1, -0.05) is 30.3 Å². The van der Waals surface area contributed by atoms with Crippen LogP contribution >= 0.6 is 19.4 Å². The second-order valence-corrected chi connectivity index (χ2v) is 9.68. The van der Waals surface area contributed by atoms with Crippen molar-refractivity contribution in [2.24, 2.45) is 0 Å². The van der Waals surface area contributed by atoms with Gasteiger partial charge in [0.15, 0.2) is 0 Å².